The van der Waals surface area contributed by atoms with Crippen LogP contribution in [-0.2, 0) is 10.0 Å². The van der Waals surface area contributed by atoms with Crippen molar-refractivity contribution in [2.24, 2.45) is 16.3 Å². The second kappa shape index (κ2) is 5.21. The Hall–Kier alpha value is -1.70. The van der Waals surface area contributed by atoms with Gasteiger partial charge < -0.3 is 0 Å². The molecule has 4 atom stereocenters. The van der Waals surface area contributed by atoms with Crippen molar-refractivity contribution in [3.63, 3.8) is 0 Å². The van der Waals surface area contributed by atoms with E-state index in [1.54, 1.807) is 30.5 Å². The first-order valence-electron chi connectivity index (χ1n) is 9.36. The fourth-order valence-corrected chi connectivity index (χ4v) is 7.57. The average Bonchev–Trinajstić information content (AvgIpc) is 3.18. The second-order valence-corrected chi connectivity index (χ2v) is 10.5. The SMILES string of the molecule is O=S(=O)(c1ccc(Cl)cc1)N1C2CC3(CC3)C1CC1C2C=Nc2ccnn21. The summed E-state index contributed by atoms with van der Waals surface area (Å²) in [5.41, 5.74) is 0.142. The number of benzene rings is 1. The van der Waals surface area contributed by atoms with E-state index in [-0.39, 0.29) is 29.5 Å². The van der Waals surface area contributed by atoms with E-state index in [0.29, 0.717) is 9.92 Å². The molecule has 4 unspecified atom stereocenters. The van der Waals surface area contributed by atoms with Gasteiger partial charge in [-0.3, -0.25) is 0 Å². The molecule has 1 saturated carbocycles. The second-order valence-electron chi connectivity index (χ2n) is 8.23. The lowest BCUT2D eigenvalue weighted by Gasteiger charge is -2.44. The summed E-state index contributed by atoms with van der Waals surface area (Å²) in [6, 6.07) is 8.61. The molecule has 0 amide bonds. The minimum absolute atomic E-state index is 0.0352. The van der Waals surface area contributed by atoms with Crippen molar-refractivity contribution in [2.45, 2.75) is 48.7 Å². The molecule has 1 aromatic carbocycles. The molecule has 1 aromatic heterocycles. The number of piperidine rings is 1. The Morgan fingerprint density at radius 3 is 2.63 bits per heavy atom. The van der Waals surface area contributed by atoms with Gasteiger partial charge in [-0.1, -0.05) is 11.6 Å². The summed E-state index contributed by atoms with van der Waals surface area (Å²) < 4.78 is 30.9. The molecule has 3 aliphatic heterocycles. The van der Waals surface area contributed by atoms with Crippen molar-refractivity contribution >= 4 is 33.7 Å². The number of hydrogen-bond donors (Lipinski definition) is 0. The van der Waals surface area contributed by atoms with Crippen molar-refractivity contribution < 1.29 is 8.42 Å². The molecule has 2 bridgehead atoms. The molecule has 8 heteroatoms. The van der Waals surface area contributed by atoms with Crippen molar-refractivity contribution in [3.05, 3.63) is 41.6 Å². The molecule has 4 heterocycles. The van der Waals surface area contributed by atoms with Gasteiger partial charge in [0.15, 0.2) is 0 Å². The zero-order valence-corrected chi connectivity index (χ0v) is 16.1. The maximum Gasteiger partial charge on any atom is 0.243 e. The molecule has 1 aliphatic carbocycles. The number of fused-ring (bicyclic) bond motifs is 7. The molecule has 3 fully saturated rings. The molecule has 4 aliphatic rings. The van der Waals surface area contributed by atoms with Crippen LogP contribution in [0, 0.1) is 11.3 Å². The van der Waals surface area contributed by atoms with E-state index in [2.05, 4.69) is 10.1 Å². The first-order valence-corrected chi connectivity index (χ1v) is 11.2. The minimum atomic E-state index is -3.58. The van der Waals surface area contributed by atoms with Crippen molar-refractivity contribution in [1.29, 1.82) is 0 Å². The van der Waals surface area contributed by atoms with Gasteiger partial charge in [0.2, 0.25) is 10.0 Å². The van der Waals surface area contributed by atoms with Crippen LogP contribution < -0.4 is 0 Å². The fourth-order valence-electron chi connectivity index (χ4n) is 5.51. The number of sulfonamides is 1. The molecule has 6 rings (SSSR count). The smallest absolute Gasteiger partial charge is 0.243 e. The van der Waals surface area contributed by atoms with Crippen LogP contribution in [0.4, 0.5) is 5.82 Å². The zero-order chi connectivity index (χ0) is 18.4. The van der Waals surface area contributed by atoms with Gasteiger partial charge in [0.1, 0.15) is 5.82 Å². The average molecular weight is 403 g/mol. The summed E-state index contributed by atoms with van der Waals surface area (Å²) in [5, 5.41) is 5.02. The van der Waals surface area contributed by atoms with E-state index in [1.807, 2.05) is 21.3 Å². The highest BCUT2D eigenvalue weighted by atomic mass is 35.5. The standard InChI is InChI=1S/C19H19ClN4O2S/c20-12-1-3-13(4-2-12)27(25,26)24-16-10-19(6-7-19)17(24)9-15-14(16)11-21-18-5-8-22-23(15)18/h1-5,8,11,14-17H,6-7,9-10H2. The third-order valence-corrected chi connectivity index (χ3v) is 9.13. The van der Waals surface area contributed by atoms with Gasteiger partial charge in [-0.15, -0.1) is 0 Å². The van der Waals surface area contributed by atoms with Gasteiger partial charge in [0, 0.05) is 35.3 Å². The molecule has 1 spiro atoms. The highest BCUT2D eigenvalue weighted by Crippen LogP contribution is 2.66. The van der Waals surface area contributed by atoms with Gasteiger partial charge in [-0.25, -0.2) is 18.1 Å². The molecular formula is C19H19ClN4O2S. The molecule has 0 radical (unpaired) electrons. The molecule has 2 saturated heterocycles. The Morgan fingerprint density at radius 1 is 1.11 bits per heavy atom. The molecule has 140 valence electrons. The maximum absolute atomic E-state index is 13.6. The highest BCUT2D eigenvalue weighted by Gasteiger charge is 2.67. The summed E-state index contributed by atoms with van der Waals surface area (Å²) in [4.78, 5) is 4.88. The lowest BCUT2D eigenvalue weighted by atomic mass is 9.87. The van der Waals surface area contributed by atoms with Crippen molar-refractivity contribution in [3.8, 4) is 0 Å². The third kappa shape index (κ3) is 2.13. The predicted octanol–water partition coefficient (Wildman–Crippen LogP) is 3.43. The third-order valence-electron chi connectivity index (χ3n) is 6.93. The summed E-state index contributed by atoms with van der Waals surface area (Å²) in [7, 11) is -3.58. The van der Waals surface area contributed by atoms with Gasteiger partial charge in [-0.2, -0.15) is 9.40 Å². The maximum atomic E-state index is 13.6. The summed E-state index contributed by atoms with van der Waals surface area (Å²) in [5.74, 6) is 0.935. The van der Waals surface area contributed by atoms with Crippen LogP contribution in [0.2, 0.25) is 5.02 Å². The van der Waals surface area contributed by atoms with Crippen molar-refractivity contribution in [1.82, 2.24) is 14.1 Å². The Kier molecular flexibility index (Phi) is 3.14. The van der Waals surface area contributed by atoms with Gasteiger partial charge in [0.25, 0.3) is 0 Å². The van der Waals surface area contributed by atoms with Crippen LogP contribution in [0.5, 0.6) is 0 Å². The number of halogens is 1. The minimum Gasteiger partial charge on any atom is -0.244 e. The first kappa shape index (κ1) is 16.3. The highest BCUT2D eigenvalue weighted by molar-refractivity contribution is 7.89. The lowest BCUT2D eigenvalue weighted by molar-refractivity contribution is 0.138. The van der Waals surface area contributed by atoms with Crippen LogP contribution in [-0.4, -0.2) is 40.8 Å². The van der Waals surface area contributed by atoms with E-state index in [9.17, 15) is 8.42 Å². The van der Waals surface area contributed by atoms with Gasteiger partial charge >= 0.3 is 0 Å². The topological polar surface area (TPSA) is 67.6 Å². The van der Waals surface area contributed by atoms with Crippen LogP contribution in [0.3, 0.4) is 0 Å². The van der Waals surface area contributed by atoms with Crippen LogP contribution in [0.15, 0.2) is 46.4 Å². The Bertz CT molecular complexity index is 1060. The van der Waals surface area contributed by atoms with Crippen molar-refractivity contribution in [2.75, 3.05) is 0 Å². The quantitative estimate of drug-likeness (QED) is 0.772. The molecule has 2 aromatic rings. The summed E-state index contributed by atoms with van der Waals surface area (Å²) >= 11 is 5.97. The zero-order valence-electron chi connectivity index (χ0n) is 14.6. The summed E-state index contributed by atoms with van der Waals surface area (Å²) in [6.07, 6.45) is 7.70. The van der Waals surface area contributed by atoms with Crippen LogP contribution in [0.1, 0.15) is 31.7 Å². The van der Waals surface area contributed by atoms with E-state index < -0.39 is 10.0 Å². The largest absolute Gasteiger partial charge is 0.244 e. The van der Waals surface area contributed by atoms with Gasteiger partial charge in [0.05, 0.1) is 17.1 Å². The van der Waals surface area contributed by atoms with Crippen LogP contribution in [0.25, 0.3) is 0 Å². The van der Waals surface area contributed by atoms with E-state index in [1.165, 1.54) is 0 Å². The van der Waals surface area contributed by atoms with Crippen LogP contribution >= 0.6 is 11.6 Å². The van der Waals surface area contributed by atoms with E-state index in [4.69, 9.17) is 11.6 Å². The normalized spacial score (nSPS) is 33.1. The summed E-state index contributed by atoms with van der Waals surface area (Å²) in [6.45, 7) is 0. The van der Waals surface area contributed by atoms with Gasteiger partial charge in [-0.05, 0) is 55.4 Å². The molecule has 0 N–H and O–H groups in total. The van der Waals surface area contributed by atoms with E-state index >= 15 is 0 Å². The monoisotopic (exact) mass is 402 g/mol. The Morgan fingerprint density at radius 2 is 1.89 bits per heavy atom. The number of hydrogen-bond acceptors (Lipinski definition) is 4. The van der Waals surface area contributed by atoms with E-state index in [0.717, 1.165) is 31.5 Å². The Balaban J connectivity index is 1.46. The fraction of sp³-hybridized carbons (Fsp3) is 0.474. The number of aromatic nitrogens is 2. The predicted molar refractivity (Wildman–Crippen MR) is 102 cm³/mol. The number of nitrogens with zero attached hydrogens (tertiary/aromatic N) is 4. The molecule has 6 nitrogen and oxygen atoms in total. The number of aliphatic imine (C=N–C) groups is 1. The number of rotatable bonds is 2. The first-order chi connectivity index (χ1) is 13.0. The Labute approximate surface area is 162 Å². The molecule has 27 heavy (non-hydrogen) atoms. The lowest BCUT2D eigenvalue weighted by Crippen LogP contribution is -2.53. The molecular weight excluding hydrogens is 384 g/mol.